The van der Waals surface area contributed by atoms with Crippen LogP contribution in [0.4, 0.5) is 17.1 Å². The Hall–Kier alpha value is -4.56. The Morgan fingerprint density at radius 2 is 1.67 bits per heavy atom. The first-order chi connectivity index (χ1) is 18.9. The van der Waals surface area contributed by atoms with Gasteiger partial charge in [-0.3, -0.25) is 9.59 Å². The number of nitrogens with one attached hydrogen (secondary N) is 1. The first kappa shape index (κ1) is 29.0. The van der Waals surface area contributed by atoms with E-state index in [1.165, 1.54) is 23.0 Å². The molecular formula is C30H32ClN5O3. The average molecular weight is 546 g/mol. The second-order valence-electron chi connectivity index (χ2n) is 8.61. The number of aromatic hydroxyl groups is 1. The van der Waals surface area contributed by atoms with Crippen LogP contribution < -0.4 is 16.0 Å². The van der Waals surface area contributed by atoms with E-state index in [4.69, 9.17) is 5.73 Å². The van der Waals surface area contributed by atoms with Crippen molar-refractivity contribution in [2.75, 3.05) is 43.0 Å². The molecule has 9 heteroatoms. The maximum absolute atomic E-state index is 10.4. The van der Waals surface area contributed by atoms with Crippen LogP contribution in [0.25, 0.3) is 16.4 Å². The standard InChI is InChI=1S/C13H13NO.C9H9N3O.C7H7NO.CH3Cl/c1-14-7-6-10-9-4-2-3-5-11(9)13(15)8-12(10)14;1-10-7-2-3-9-11-8(6-13)5-12(9)4-7;8-7-3-1-6(5-9)2-4-7;1-2/h2-5,8,15H,6-7H2,1H3;2-6,10H,1H3;1-5H,8H2;1H3. The van der Waals surface area contributed by atoms with Crippen LogP contribution in [0.2, 0.25) is 0 Å². The lowest BCUT2D eigenvalue weighted by Crippen LogP contribution is -2.12. The smallest absolute Gasteiger partial charge is 0.170 e. The third kappa shape index (κ3) is 7.06. The number of nitrogens with zero attached hydrogens (tertiary/aromatic N) is 3. The van der Waals surface area contributed by atoms with Gasteiger partial charge in [-0.25, -0.2) is 4.98 Å². The van der Waals surface area contributed by atoms with E-state index in [-0.39, 0.29) is 0 Å². The van der Waals surface area contributed by atoms with Gasteiger partial charge in [0.1, 0.15) is 23.4 Å². The molecule has 0 spiro atoms. The minimum atomic E-state index is 0.387. The second-order valence-corrected chi connectivity index (χ2v) is 8.61. The van der Waals surface area contributed by atoms with E-state index in [1.807, 2.05) is 54.0 Å². The number of benzene rings is 3. The number of hydrogen-bond donors (Lipinski definition) is 3. The van der Waals surface area contributed by atoms with E-state index in [2.05, 4.69) is 39.9 Å². The van der Waals surface area contributed by atoms with Gasteiger partial charge in [0.25, 0.3) is 0 Å². The van der Waals surface area contributed by atoms with Crippen molar-refractivity contribution in [3.63, 3.8) is 0 Å². The lowest BCUT2D eigenvalue weighted by Gasteiger charge is -2.13. The largest absolute Gasteiger partial charge is 0.507 e. The Morgan fingerprint density at radius 3 is 2.31 bits per heavy atom. The molecule has 0 fully saturated rings. The third-order valence-corrected chi connectivity index (χ3v) is 6.17. The van der Waals surface area contributed by atoms with Gasteiger partial charge in [-0.05, 0) is 53.8 Å². The van der Waals surface area contributed by atoms with Gasteiger partial charge in [0.2, 0.25) is 0 Å². The molecule has 202 valence electrons. The van der Waals surface area contributed by atoms with E-state index < -0.39 is 0 Å². The Balaban J connectivity index is 0.000000161. The first-order valence-electron chi connectivity index (χ1n) is 12.2. The van der Waals surface area contributed by atoms with Crippen LogP contribution in [-0.2, 0) is 6.42 Å². The van der Waals surface area contributed by atoms with Gasteiger partial charge < -0.3 is 25.5 Å². The number of phenolic OH excluding ortho intramolecular Hbond substituents is 1. The van der Waals surface area contributed by atoms with Gasteiger partial charge in [0.15, 0.2) is 6.29 Å². The van der Waals surface area contributed by atoms with Crippen molar-refractivity contribution < 1.29 is 14.7 Å². The van der Waals surface area contributed by atoms with E-state index in [9.17, 15) is 14.7 Å². The summed E-state index contributed by atoms with van der Waals surface area (Å²) >= 11 is 4.64. The van der Waals surface area contributed by atoms with Gasteiger partial charge in [0, 0.05) is 67.8 Å². The number of carbonyl (C=O) groups excluding carboxylic acids is 2. The Bertz CT molecular complexity index is 1550. The number of imidazole rings is 1. The normalized spacial score (nSPS) is 11.2. The number of carbonyl (C=O) groups is 2. The number of hydrogen-bond acceptors (Lipinski definition) is 7. The van der Waals surface area contributed by atoms with Crippen LogP contribution in [0.15, 0.2) is 79.1 Å². The van der Waals surface area contributed by atoms with Crippen molar-refractivity contribution in [3.05, 3.63) is 95.9 Å². The van der Waals surface area contributed by atoms with Crippen LogP contribution in [0, 0.1) is 0 Å². The fourth-order valence-electron chi connectivity index (χ4n) is 4.20. The predicted molar refractivity (Wildman–Crippen MR) is 161 cm³/mol. The third-order valence-electron chi connectivity index (χ3n) is 6.17. The van der Waals surface area contributed by atoms with Crippen LogP contribution in [0.3, 0.4) is 0 Å². The number of phenols is 1. The maximum Gasteiger partial charge on any atom is 0.170 e. The number of rotatable bonds is 3. The Labute approximate surface area is 232 Å². The van der Waals surface area contributed by atoms with Crippen molar-refractivity contribution in [1.82, 2.24) is 9.38 Å². The van der Waals surface area contributed by atoms with Crippen molar-refractivity contribution >= 4 is 57.7 Å². The van der Waals surface area contributed by atoms with E-state index in [1.54, 1.807) is 30.5 Å². The number of alkyl halides is 1. The summed E-state index contributed by atoms with van der Waals surface area (Å²) in [5, 5.41) is 15.1. The molecule has 0 radical (unpaired) electrons. The Morgan fingerprint density at radius 1 is 0.974 bits per heavy atom. The van der Waals surface area contributed by atoms with Crippen LogP contribution in [-0.4, -0.2) is 54.1 Å². The van der Waals surface area contributed by atoms with Crippen LogP contribution >= 0.6 is 11.6 Å². The lowest BCUT2D eigenvalue weighted by atomic mass is 10.0. The van der Waals surface area contributed by atoms with Crippen molar-refractivity contribution in [2.24, 2.45) is 0 Å². The first-order valence-corrected chi connectivity index (χ1v) is 12.9. The molecule has 2 aromatic heterocycles. The number of aromatic nitrogens is 2. The van der Waals surface area contributed by atoms with Crippen LogP contribution in [0.5, 0.6) is 5.75 Å². The number of aldehydes is 2. The summed E-state index contributed by atoms with van der Waals surface area (Å²) in [5.41, 5.74) is 11.5. The number of likely N-dealkylation sites (N-methyl/N-ethyl adjacent to an activating group) is 1. The van der Waals surface area contributed by atoms with E-state index in [0.29, 0.717) is 22.7 Å². The topological polar surface area (TPSA) is 113 Å². The van der Waals surface area contributed by atoms with Gasteiger partial charge >= 0.3 is 0 Å². The number of fused-ring (bicyclic) bond motifs is 4. The SMILES string of the molecule is CCl.CN1CCc2c1cc(O)c1ccccc21.CNc1ccc2nc(C=O)cn2c1.Nc1ccc(C=O)cc1. The summed E-state index contributed by atoms with van der Waals surface area (Å²) in [6.45, 7) is 1.04. The average Bonchev–Trinajstić information content (AvgIpc) is 3.58. The summed E-state index contributed by atoms with van der Waals surface area (Å²) in [6, 6.07) is 20.5. The predicted octanol–water partition coefficient (Wildman–Crippen LogP) is 5.66. The number of pyridine rings is 1. The maximum atomic E-state index is 10.4. The number of anilines is 3. The van der Waals surface area contributed by atoms with Gasteiger partial charge in [-0.15, -0.1) is 11.6 Å². The molecule has 3 aromatic carbocycles. The van der Waals surface area contributed by atoms with E-state index >= 15 is 0 Å². The van der Waals surface area contributed by atoms with Gasteiger partial charge in [-0.2, -0.15) is 0 Å². The molecule has 0 unspecified atom stereocenters. The molecule has 0 saturated heterocycles. The second kappa shape index (κ2) is 13.8. The quantitative estimate of drug-likeness (QED) is 0.152. The lowest BCUT2D eigenvalue weighted by molar-refractivity contribution is 0.111. The highest BCUT2D eigenvalue weighted by molar-refractivity contribution is 6.15. The highest BCUT2D eigenvalue weighted by Gasteiger charge is 2.19. The van der Waals surface area contributed by atoms with Crippen LogP contribution in [0.1, 0.15) is 26.4 Å². The number of halogens is 1. The molecule has 5 aromatic rings. The fraction of sp³-hybridized carbons (Fsp3) is 0.167. The van der Waals surface area contributed by atoms with Gasteiger partial charge in [0.05, 0.1) is 5.69 Å². The molecule has 1 aliphatic heterocycles. The minimum Gasteiger partial charge on any atom is -0.507 e. The monoisotopic (exact) mass is 545 g/mol. The fourth-order valence-corrected chi connectivity index (χ4v) is 4.20. The molecular weight excluding hydrogens is 514 g/mol. The molecule has 0 atom stereocenters. The minimum absolute atomic E-state index is 0.387. The zero-order valence-corrected chi connectivity index (χ0v) is 22.9. The zero-order chi connectivity index (χ0) is 28.4. The summed E-state index contributed by atoms with van der Waals surface area (Å²) in [5.74, 6) is 0.387. The molecule has 0 amide bonds. The number of nitrogen functional groups attached to an aromatic ring is 1. The molecule has 0 bridgehead atoms. The highest BCUT2D eigenvalue weighted by atomic mass is 35.5. The zero-order valence-electron chi connectivity index (χ0n) is 22.1. The molecule has 0 aliphatic carbocycles. The molecule has 39 heavy (non-hydrogen) atoms. The summed E-state index contributed by atoms with van der Waals surface area (Å²) in [7, 11) is 3.92. The molecule has 4 N–H and O–H groups in total. The molecule has 6 rings (SSSR count). The Kier molecular flexibility index (Phi) is 10.3. The number of nitrogens with two attached hydrogens (primary N) is 1. The molecule has 0 saturated carbocycles. The molecule has 8 nitrogen and oxygen atoms in total. The molecule has 1 aliphatic rings. The van der Waals surface area contributed by atoms with Gasteiger partial charge in [-0.1, -0.05) is 24.3 Å². The summed E-state index contributed by atoms with van der Waals surface area (Å²) in [4.78, 5) is 26.8. The van der Waals surface area contributed by atoms with Crippen molar-refractivity contribution in [3.8, 4) is 5.75 Å². The van der Waals surface area contributed by atoms with Crippen molar-refractivity contribution in [2.45, 2.75) is 6.42 Å². The molecule has 3 heterocycles. The van der Waals surface area contributed by atoms with E-state index in [0.717, 1.165) is 42.3 Å². The van der Waals surface area contributed by atoms with Crippen molar-refractivity contribution in [1.29, 1.82) is 0 Å². The highest BCUT2D eigenvalue weighted by Crippen LogP contribution is 2.38. The summed E-state index contributed by atoms with van der Waals surface area (Å²) < 4.78 is 1.82. The summed E-state index contributed by atoms with van der Waals surface area (Å²) in [6.07, 6.45) is 7.66.